The van der Waals surface area contributed by atoms with Gasteiger partial charge in [0.25, 0.3) is 5.91 Å². The second-order valence-electron chi connectivity index (χ2n) is 4.47. The molecule has 6 heteroatoms. The van der Waals surface area contributed by atoms with Gasteiger partial charge in [0.05, 0.1) is 12.7 Å². The molecule has 21 heavy (non-hydrogen) atoms. The molecule has 6 nitrogen and oxygen atoms in total. The molecule has 1 N–H and O–H groups in total. The number of carbonyl (C=O) groups is 2. The molecule has 110 valence electrons. The van der Waals surface area contributed by atoms with Gasteiger partial charge in [0.2, 0.25) is 0 Å². The number of ether oxygens (including phenoxy) is 1. The highest BCUT2D eigenvalue weighted by atomic mass is 16.5. The third-order valence-corrected chi connectivity index (χ3v) is 2.98. The van der Waals surface area contributed by atoms with E-state index < -0.39 is 5.97 Å². The Hall–Kier alpha value is -2.63. The number of rotatable bonds is 4. The molecular formula is C15H16N2O4. The molecule has 0 unspecified atom stereocenters. The van der Waals surface area contributed by atoms with E-state index in [1.54, 1.807) is 38.1 Å². The molecule has 0 aliphatic carbocycles. The first-order chi connectivity index (χ1) is 10.0. The van der Waals surface area contributed by atoms with Gasteiger partial charge in [-0.2, -0.15) is 0 Å². The van der Waals surface area contributed by atoms with Crippen LogP contribution in [0.5, 0.6) is 0 Å². The Labute approximate surface area is 122 Å². The largest absolute Gasteiger partial charge is 0.465 e. The van der Waals surface area contributed by atoms with E-state index in [4.69, 9.17) is 9.15 Å². The average Bonchev–Trinajstić information content (AvgIpc) is 2.83. The van der Waals surface area contributed by atoms with Gasteiger partial charge < -0.3 is 14.5 Å². The number of nitrogens with one attached hydrogen (secondary N) is 1. The van der Waals surface area contributed by atoms with Crippen LogP contribution in [0.2, 0.25) is 0 Å². The third-order valence-electron chi connectivity index (χ3n) is 2.98. The Morgan fingerprint density at radius 2 is 2.00 bits per heavy atom. The normalized spacial score (nSPS) is 10.2. The summed E-state index contributed by atoms with van der Waals surface area (Å²) in [6, 6.07) is 6.94. The lowest BCUT2D eigenvalue weighted by atomic mass is 10.1. The summed E-state index contributed by atoms with van der Waals surface area (Å²) in [6.45, 7) is 3.56. The quantitative estimate of drug-likeness (QED) is 0.870. The highest BCUT2D eigenvalue weighted by Crippen LogP contribution is 2.12. The number of aryl methyl sites for hydroxylation is 2. The Kier molecular flexibility index (Phi) is 4.37. The molecule has 0 saturated heterocycles. The van der Waals surface area contributed by atoms with Crippen molar-refractivity contribution in [2.45, 2.75) is 20.4 Å². The second-order valence-corrected chi connectivity index (χ2v) is 4.47. The number of amides is 1. The van der Waals surface area contributed by atoms with Crippen LogP contribution in [0.1, 0.15) is 38.1 Å². The van der Waals surface area contributed by atoms with Gasteiger partial charge in [-0.15, -0.1) is 0 Å². The molecule has 1 heterocycles. The van der Waals surface area contributed by atoms with E-state index in [-0.39, 0.29) is 18.1 Å². The van der Waals surface area contributed by atoms with Crippen LogP contribution in [0.25, 0.3) is 0 Å². The molecule has 0 fully saturated rings. The third kappa shape index (κ3) is 3.28. The topological polar surface area (TPSA) is 81.4 Å². The predicted octanol–water partition coefficient (Wildman–Crippen LogP) is 2.01. The van der Waals surface area contributed by atoms with Crippen LogP contribution >= 0.6 is 0 Å². The van der Waals surface area contributed by atoms with Crippen LogP contribution in [0.3, 0.4) is 0 Å². The number of hydrogen-bond acceptors (Lipinski definition) is 5. The molecule has 0 aliphatic rings. The van der Waals surface area contributed by atoms with Crippen LogP contribution in [0.4, 0.5) is 0 Å². The fourth-order valence-corrected chi connectivity index (χ4v) is 1.98. The highest BCUT2D eigenvalue weighted by molar-refractivity contribution is 5.94. The molecular weight excluding hydrogens is 272 g/mol. The lowest BCUT2D eigenvalue weighted by Gasteiger charge is -2.08. The fourth-order valence-electron chi connectivity index (χ4n) is 1.98. The number of aromatic nitrogens is 1. The number of carbonyl (C=O) groups excluding carboxylic acids is 2. The molecule has 0 radical (unpaired) electrons. The molecule has 2 aromatic rings. The zero-order valence-corrected chi connectivity index (χ0v) is 12.1. The van der Waals surface area contributed by atoms with Gasteiger partial charge in [-0.3, -0.25) is 4.79 Å². The van der Waals surface area contributed by atoms with Gasteiger partial charge in [-0.1, -0.05) is 18.2 Å². The van der Waals surface area contributed by atoms with Gasteiger partial charge in [0.1, 0.15) is 5.76 Å². The fraction of sp³-hybridized carbons (Fsp3) is 0.267. The smallest absolute Gasteiger partial charge is 0.338 e. The molecule has 1 aromatic carbocycles. The summed E-state index contributed by atoms with van der Waals surface area (Å²) in [7, 11) is 1.32. The van der Waals surface area contributed by atoms with Crippen LogP contribution in [0, 0.1) is 13.8 Å². The summed E-state index contributed by atoms with van der Waals surface area (Å²) >= 11 is 0. The maximum atomic E-state index is 12.1. The summed E-state index contributed by atoms with van der Waals surface area (Å²) in [6.07, 6.45) is 0. The SMILES string of the molecule is COC(=O)c1ccccc1CNC(=O)c1nc(C)oc1C. The van der Waals surface area contributed by atoms with Crippen molar-refractivity contribution in [2.24, 2.45) is 0 Å². The summed E-state index contributed by atoms with van der Waals surface area (Å²) < 4.78 is 9.93. The highest BCUT2D eigenvalue weighted by Gasteiger charge is 2.16. The number of benzene rings is 1. The number of oxazole rings is 1. The molecule has 0 atom stereocenters. The van der Waals surface area contributed by atoms with Crippen molar-refractivity contribution in [1.82, 2.24) is 10.3 Å². The maximum Gasteiger partial charge on any atom is 0.338 e. The minimum absolute atomic E-state index is 0.204. The van der Waals surface area contributed by atoms with Gasteiger partial charge in [0, 0.05) is 13.5 Å². The first kappa shape index (κ1) is 14.8. The van der Waals surface area contributed by atoms with Crippen LogP contribution in [-0.2, 0) is 11.3 Å². The standard InChI is InChI=1S/C15H16N2O4/c1-9-13(17-10(2)21-9)14(18)16-8-11-6-4-5-7-12(11)15(19)20-3/h4-7H,8H2,1-3H3,(H,16,18). The van der Waals surface area contributed by atoms with Crippen molar-refractivity contribution >= 4 is 11.9 Å². The Bertz CT molecular complexity index is 676. The maximum absolute atomic E-state index is 12.1. The lowest BCUT2D eigenvalue weighted by Crippen LogP contribution is -2.25. The van der Waals surface area contributed by atoms with Crippen LogP contribution in [-0.4, -0.2) is 24.0 Å². The van der Waals surface area contributed by atoms with Crippen molar-refractivity contribution in [3.05, 3.63) is 52.7 Å². The Morgan fingerprint density at radius 1 is 1.29 bits per heavy atom. The Balaban J connectivity index is 2.12. The van der Waals surface area contributed by atoms with E-state index in [1.165, 1.54) is 7.11 Å². The number of nitrogens with zero attached hydrogens (tertiary/aromatic N) is 1. The van der Waals surface area contributed by atoms with E-state index in [0.717, 1.165) is 0 Å². The van der Waals surface area contributed by atoms with E-state index in [0.29, 0.717) is 22.8 Å². The number of methoxy groups -OCH3 is 1. The zero-order valence-electron chi connectivity index (χ0n) is 12.1. The zero-order chi connectivity index (χ0) is 15.4. The lowest BCUT2D eigenvalue weighted by molar-refractivity contribution is 0.0598. The molecule has 1 amide bonds. The van der Waals surface area contributed by atoms with E-state index in [9.17, 15) is 9.59 Å². The van der Waals surface area contributed by atoms with E-state index in [2.05, 4.69) is 10.3 Å². The van der Waals surface area contributed by atoms with Crippen molar-refractivity contribution in [3.63, 3.8) is 0 Å². The average molecular weight is 288 g/mol. The predicted molar refractivity (Wildman–Crippen MR) is 74.9 cm³/mol. The summed E-state index contributed by atoms with van der Waals surface area (Å²) in [4.78, 5) is 27.7. The second kappa shape index (κ2) is 6.21. The Morgan fingerprint density at radius 3 is 2.62 bits per heavy atom. The molecule has 1 aromatic heterocycles. The van der Waals surface area contributed by atoms with E-state index in [1.807, 2.05) is 0 Å². The summed E-state index contributed by atoms with van der Waals surface area (Å²) in [5.41, 5.74) is 1.35. The number of hydrogen-bond donors (Lipinski definition) is 1. The van der Waals surface area contributed by atoms with E-state index >= 15 is 0 Å². The van der Waals surface area contributed by atoms with Gasteiger partial charge in [-0.05, 0) is 18.6 Å². The summed E-state index contributed by atoms with van der Waals surface area (Å²) in [5, 5.41) is 2.72. The van der Waals surface area contributed by atoms with Gasteiger partial charge in [0.15, 0.2) is 11.6 Å². The monoisotopic (exact) mass is 288 g/mol. The first-order valence-electron chi connectivity index (χ1n) is 6.41. The minimum Gasteiger partial charge on any atom is -0.465 e. The van der Waals surface area contributed by atoms with Crippen molar-refractivity contribution in [3.8, 4) is 0 Å². The van der Waals surface area contributed by atoms with Gasteiger partial charge >= 0.3 is 5.97 Å². The van der Waals surface area contributed by atoms with Crippen LogP contribution < -0.4 is 5.32 Å². The first-order valence-corrected chi connectivity index (χ1v) is 6.41. The molecule has 0 aliphatic heterocycles. The molecule has 0 bridgehead atoms. The van der Waals surface area contributed by atoms with Crippen molar-refractivity contribution in [1.29, 1.82) is 0 Å². The minimum atomic E-state index is -0.437. The molecule has 0 spiro atoms. The summed E-state index contributed by atoms with van der Waals surface area (Å²) in [5.74, 6) is 0.121. The van der Waals surface area contributed by atoms with Gasteiger partial charge in [-0.25, -0.2) is 9.78 Å². The number of esters is 1. The molecule has 0 saturated carbocycles. The van der Waals surface area contributed by atoms with Crippen molar-refractivity contribution < 1.29 is 18.7 Å². The van der Waals surface area contributed by atoms with Crippen LogP contribution in [0.15, 0.2) is 28.7 Å². The molecule has 2 rings (SSSR count). The van der Waals surface area contributed by atoms with Crippen molar-refractivity contribution in [2.75, 3.05) is 7.11 Å².